The zero-order chi connectivity index (χ0) is 21.0. The number of carbonyl (C=O) groups excluding carboxylic acids is 1. The molecule has 1 N–H and O–H groups in total. The van der Waals surface area contributed by atoms with E-state index in [0.29, 0.717) is 10.8 Å². The fourth-order valence-electron chi connectivity index (χ4n) is 3.68. The van der Waals surface area contributed by atoms with E-state index < -0.39 is 0 Å². The van der Waals surface area contributed by atoms with E-state index in [9.17, 15) is 4.79 Å². The number of benzene rings is 2. The number of ether oxygens (including phenoxy) is 1. The highest BCUT2D eigenvalue weighted by Crippen LogP contribution is 2.38. The Kier molecular flexibility index (Phi) is 6.28. The fourth-order valence-corrected chi connectivity index (χ4v) is 3.87. The summed E-state index contributed by atoms with van der Waals surface area (Å²) < 4.78 is 5.40. The first-order valence-electron chi connectivity index (χ1n) is 9.62. The number of hydrazone groups is 1. The second-order valence-corrected chi connectivity index (χ2v) is 7.92. The number of carbonyl (C=O) groups is 1. The zero-order valence-electron chi connectivity index (χ0n) is 17.2. The van der Waals surface area contributed by atoms with Crippen molar-refractivity contribution in [1.82, 2.24) is 5.43 Å². The van der Waals surface area contributed by atoms with Gasteiger partial charge in [0.2, 0.25) is 0 Å². The summed E-state index contributed by atoms with van der Waals surface area (Å²) in [4.78, 5) is 14.3. The topological polar surface area (TPSA) is 53.9 Å². The van der Waals surface area contributed by atoms with Crippen molar-refractivity contribution in [2.75, 3.05) is 18.1 Å². The van der Waals surface area contributed by atoms with Crippen molar-refractivity contribution >= 4 is 35.0 Å². The van der Waals surface area contributed by atoms with Crippen LogP contribution in [0.1, 0.15) is 38.8 Å². The minimum Gasteiger partial charge on any atom is -0.482 e. The molecule has 1 amide bonds. The predicted molar refractivity (Wildman–Crippen MR) is 120 cm³/mol. The number of nitrogens with zero attached hydrogens (tertiary/aromatic N) is 2. The average molecular weight is 412 g/mol. The Bertz CT molecular complexity index is 966. The Morgan fingerprint density at radius 3 is 2.76 bits per heavy atom. The number of nitrogens with one attached hydrogen (secondary N) is 1. The number of para-hydroxylation sites is 1. The number of rotatable bonds is 6. The van der Waals surface area contributed by atoms with Crippen molar-refractivity contribution < 1.29 is 9.53 Å². The molecule has 6 heteroatoms. The maximum Gasteiger partial charge on any atom is 0.277 e. The van der Waals surface area contributed by atoms with Gasteiger partial charge >= 0.3 is 0 Å². The highest BCUT2D eigenvalue weighted by Gasteiger charge is 2.29. The van der Waals surface area contributed by atoms with Crippen molar-refractivity contribution in [2.24, 2.45) is 5.10 Å². The van der Waals surface area contributed by atoms with Crippen LogP contribution in [0.2, 0.25) is 5.02 Å². The maximum absolute atomic E-state index is 11.9. The number of amides is 1. The molecular weight excluding hydrogens is 386 g/mol. The Hall–Kier alpha value is -2.79. The molecule has 0 aromatic heterocycles. The van der Waals surface area contributed by atoms with Gasteiger partial charge in [0.25, 0.3) is 5.91 Å². The van der Waals surface area contributed by atoms with Gasteiger partial charge in [-0.1, -0.05) is 35.9 Å². The smallest absolute Gasteiger partial charge is 0.277 e. The van der Waals surface area contributed by atoms with Gasteiger partial charge in [-0.25, -0.2) is 5.43 Å². The highest BCUT2D eigenvalue weighted by atomic mass is 35.5. The first kappa shape index (κ1) is 20.9. The molecule has 1 heterocycles. The van der Waals surface area contributed by atoms with Gasteiger partial charge < -0.3 is 9.64 Å². The Morgan fingerprint density at radius 1 is 1.28 bits per heavy atom. The first-order valence-corrected chi connectivity index (χ1v) is 10.0. The number of hydrogen-bond acceptors (Lipinski definition) is 4. The highest BCUT2D eigenvalue weighted by molar-refractivity contribution is 6.32. The molecule has 2 aromatic carbocycles. The summed E-state index contributed by atoms with van der Waals surface area (Å²) in [6.45, 7) is 9.50. The van der Waals surface area contributed by atoms with Crippen molar-refractivity contribution in [3.63, 3.8) is 0 Å². The zero-order valence-corrected chi connectivity index (χ0v) is 18.0. The predicted octanol–water partition coefficient (Wildman–Crippen LogP) is 4.89. The molecule has 0 radical (unpaired) electrons. The Labute approximate surface area is 177 Å². The van der Waals surface area contributed by atoms with Gasteiger partial charge in [0.1, 0.15) is 5.75 Å². The van der Waals surface area contributed by atoms with Gasteiger partial charge in [0.15, 0.2) is 6.61 Å². The molecule has 0 saturated heterocycles. The molecule has 2 aromatic rings. The lowest BCUT2D eigenvalue weighted by atomic mass is 9.88. The lowest BCUT2D eigenvalue weighted by molar-refractivity contribution is -0.123. The molecular formula is C23H26ClN3O2. The van der Waals surface area contributed by atoms with E-state index in [0.717, 1.165) is 12.1 Å². The fraction of sp³-hybridized carbons (Fsp3) is 0.304. The minimum atomic E-state index is -0.353. The SMILES string of the molecule is CCN1c2ccc(/C=N/NC(=O)COc3ccccc3Cl)cc2C(C)=CC1(C)C. The molecule has 0 unspecified atom stereocenters. The quantitative estimate of drug-likeness (QED) is 0.543. The van der Waals surface area contributed by atoms with Gasteiger partial charge in [-0.05, 0) is 63.1 Å². The Balaban J connectivity index is 1.64. The van der Waals surface area contributed by atoms with E-state index in [4.69, 9.17) is 16.3 Å². The van der Waals surface area contributed by atoms with Crippen LogP contribution in [0.5, 0.6) is 5.75 Å². The number of halogens is 1. The summed E-state index contributed by atoms with van der Waals surface area (Å²) in [6, 6.07) is 13.2. The van der Waals surface area contributed by atoms with Gasteiger partial charge in [0, 0.05) is 17.8 Å². The summed E-state index contributed by atoms with van der Waals surface area (Å²) in [5, 5.41) is 4.51. The summed E-state index contributed by atoms with van der Waals surface area (Å²) >= 11 is 6.01. The second-order valence-electron chi connectivity index (χ2n) is 7.51. The van der Waals surface area contributed by atoms with E-state index in [1.54, 1.807) is 30.5 Å². The largest absolute Gasteiger partial charge is 0.482 e. The normalized spacial score (nSPS) is 15.1. The van der Waals surface area contributed by atoms with E-state index in [1.165, 1.54) is 16.8 Å². The standard InChI is InChI=1S/C23H26ClN3O2/c1-5-27-20-11-10-17(12-18(20)16(2)13-23(27,3)4)14-25-26-22(28)15-29-21-9-7-6-8-19(21)24/h6-14H,5,15H2,1-4H3,(H,26,28)/b25-14+. The number of hydrogen-bond donors (Lipinski definition) is 1. The molecule has 0 atom stereocenters. The van der Waals surface area contributed by atoms with Crippen LogP contribution in [-0.2, 0) is 4.79 Å². The summed E-state index contributed by atoms with van der Waals surface area (Å²) in [5.74, 6) is 0.114. The van der Waals surface area contributed by atoms with Crippen LogP contribution in [0.15, 0.2) is 53.6 Å². The van der Waals surface area contributed by atoms with Crippen LogP contribution in [-0.4, -0.2) is 30.8 Å². The molecule has 152 valence electrons. The van der Waals surface area contributed by atoms with Crippen molar-refractivity contribution in [2.45, 2.75) is 33.2 Å². The third-order valence-corrected chi connectivity index (χ3v) is 5.23. The van der Waals surface area contributed by atoms with Crippen LogP contribution in [0, 0.1) is 0 Å². The molecule has 0 spiro atoms. The van der Waals surface area contributed by atoms with E-state index >= 15 is 0 Å². The summed E-state index contributed by atoms with van der Waals surface area (Å²) in [7, 11) is 0. The van der Waals surface area contributed by atoms with Gasteiger partial charge in [-0.2, -0.15) is 5.10 Å². The second kappa shape index (κ2) is 8.70. The van der Waals surface area contributed by atoms with Crippen LogP contribution >= 0.6 is 11.6 Å². The molecule has 0 saturated carbocycles. The molecule has 0 aliphatic carbocycles. The molecule has 1 aliphatic rings. The Morgan fingerprint density at radius 2 is 2.03 bits per heavy atom. The van der Waals surface area contributed by atoms with Crippen molar-refractivity contribution in [1.29, 1.82) is 0 Å². The molecule has 3 rings (SSSR count). The van der Waals surface area contributed by atoms with Gasteiger partial charge in [-0.3, -0.25) is 4.79 Å². The van der Waals surface area contributed by atoms with E-state index in [1.807, 2.05) is 6.07 Å². The maximum atomic E-state index is 11.9. The third-order valence-electron chi connectivity index (χ3n) is 4.92. The molecule has 1 aliphatic heterocycles. The number of likely N-dealkylation sites (N-methyl/N-ethyl adjacent to an activating group) is 1. The first-order chi connectivity index (χ1) is 13.8. The van der Waals surface area contributed by atoms with Crippen molar-refractivity contribution in [3.8, 4) is 5.75 Å². The van der Waals surface area contributed by atoms with Crippen LogP contribution in [0.4, 0.5) is 5.69 Å². The number of allylic oxidation sites excluding steroid dienone is 1. The van der Waals surface area contributed by atoms with Gasteiger partial charge in [-0.15, -0.1) is 0 Å². The third kappa shape index (κ3) is 4.80. The minimum absolute atomic E-state index is 0.0168. The van der Waals surface area contributed by atoms with E-state index in [2.05, 4.69) is 61.3 Å². The van der Waals surface area contributed by atoms with Gasteiger partial charge in [0.05, 0.1) is 16.8 Å². The molecule has 5 nitrogen and oxygen atoms in total. The van der Waals surface area contributed by atoms with Crippen LogP contribution in [0.3, 0.4) is 0 Å². The monoisotopic (exact) mass is 411 g/mol. The number of fused-ring (bicyclic) bond motifs is 1. The van der Waals surface area contributed by atoms with Crippen LogP contribution < -0.4 is 15.1 Å². The summed E-state index contributed by atoms with van der Waals surface area (Å²) in [5.41, 5.74) is 7.02. The average Bonchev–Trinajstić information content (AvgIpc) is 2.67. The lowest BCUT2D eigenvalue weighted by Crippen LogP contribution is -2.44. The molecule has 29 heavy (non-hydrogen) atoms. The van der Waals surface area contributed by atoms with Crippen LogP contribution in [0.25, 0.3) is 5.57 Å². The lowest BCUT2D eigenvalue weighted by Gasteiger charge is -2.42. The number of anilines is 1. The van der Waals surface area contributed by atoms with E-state index in [-0.39, 0.29) is 18.1 Å². The van der Waals surface area contributed by atoms with Crippen molar-refractivity contribution in [3.05, 3.63) is 64.7 Å². The summed E-state index contributed by atoms with van der Waals surface area (Å²) in [6.07, 6.45) is 3.92. The molecule has 0 fully saturated rings. The molecule has 0 bridgehead atoms.